The quantitative estimate of drug-likeness (QED) is 0.216. The van der Waals surface area contributed by atoms with E-state index in [1.54, 1.807) is 65.1 Å². The summed E-state index contributed by atoms with van der Waals surface area (Å²) in [5.74, 6) is -1.22. The number of methoxy groups -OCH3 is 1. The topological polar surface area (TPSA) is 155 Å². The summed E-state index contributed by atoms with van der Waals surface area (Å²) < 4.78 is 24.0. The Morgan fingerprint density at radius 3 is 2.15 bits per heavy atom. The molecule has 0 amide bonds. The van der Waals surface area contributed by atoms with Crippen LogP contribution in [0.15, 0.2) is 65.7 Å². The van der Waals surface area contributed by atoms with Crippen LogP contribution in [0.2, 0.25) is 0 Å². The largest absolute Gasteiger partial charge is 0.497 e. The zero-order chi connectivity index (χ0) is 32.5. The van der Waals surface area contributed by atoms with E-state index in [2.05, 4.69) is 0 Å². The number of carbonyl (C=O) groups excluding carboxylic acids is 1. The molecule has 10 nitrogen and oxygen atoms in total. The first-order valence-corrected chi connectivity index (χ1v) is 15.5. The summed E-state index contributed by atoms with van der Waals surface area (Å²) in [6.45, 7) is 6.80. The molecule has 1 aliphatic heterocycles. The van der Waals surface area contributed by atoms with Gasteiger partial charge in [-0.1, -0.05) is 51.1 Å². The van der Waals surface area contributed by atoms with Crippen molar-refractivity contribution in [1.82, 2.24) is 0 Å². The maximum atomic E-state index is 13.8. The van der Waals surface area contributed by atoms with Crippen LogP contribution in [0.5, 0.6) is 5.75 Å². The number of carbonyl (C=O) groups is 1. The van der Waals surface area contributed by atoms with Crippen LogP contribution in [0.25, 0.3) is 0 Å². The first-order chi connectivity index (χ1) is 21.2. The molecule has 5 N–H and O–H groups in total. The van der Waals surface area contributed by atoms with E-state index in [0.717, 1.165) is 5.56 Å². The summed E-state index contributed by atoms with van der Waals surface area (Å²) in [5.41, 5.74) is -4.63. The number of aliphatic hydroxyl groups excluding tert-OH is 3. The molecule has 3 aliphatic carbocycles. The number of hydrogen-bond acceptors (Lipinski definition) is 10. The van der Waals surface area contributed by atoms with Gasteiger partial charge in [0.2, 0.25) is 0 Å². The molecule has 2 saturated carbocycles. The minimum atomic E-state index is -1.98. The Labute approximate surface area is 389 Å². The molecule has 6 rings (SSSR count). The first-order valence-electron chi connectivity index (χ1n) is 15.5. The Morgan fingerprint density at radius 1 is 0.958 bits per heavy atom. The fraction of sp³-hybridized carbons (Fsp3) is 0.571. The van der Waals surface area contributed by atoms with Crippen molar-refractivity contribution >= 4 is 5.97 Å². The Balaban J connectivity index is 0.00000208. The van der Waals surface area contributed by atoms with Gasteiger partial charge in [0.1, 0.15) is 29.2 Å². The minimum Gasteiger partial charge on any atom is -0.497 e. The van der Waals surface area contributed by atoms with Crippen molar-refractivity contribution in [3.63, 3.8) is 0 Å². The van der Waals surface area contributed by atoms with Crippen molar-refractivity contribution in [1.29, 1.82) is 0 Å². The van der Waals surface area contributed by atoms with Gasteiger partial charge in [0.05, 0.1) is 50.3 Å². The molecule has 2 bridgehead atoms. The van der Waals surface area contributed by atoms with Crippen molar-refractivity contribution in [3.05, 3.63) is 76.9 Å². The Bertz CT molecular complexity index is 1470. The summed E-state index contributed by atoms with van der Waals surface area (Å²) in [5, 5.41) is 60.7. The molecule has 48 heavy (non-hydrogen) atoms. The third-order valence-electron chi connectivity index (χ3n) is 11.4. The summed E-state index contributed by atoms with van der Waals surface area (Å²) in [6.07, 6.45) is -7.34. The van der Waals surface area contributed by atoms with Gasteiger partial charge < -0.3 is 44.5 Å². The van der Waals surface area contributed by atoms with Crippen LogP contribution in [0.1, 0.15) is 56.5 Å². The van der Waals surface area contributed by atoms with E-state index in [1.165, 1.54) is 0 Å². The summed E-state index contributed by atoms with van der Waals surface area (Å²) in [4.78, 5) is 13.8. The minimum absolute atomic E-state index is 0. The summed E-state index contributed by atoms with van der Waals surface area (Å²) in [6, 6.07) is 15.7. The molecule has 0 aromatic heterocycles. The molecule has 253 valence electrons. The van der Waals surface area contributed by atoms with Crippen molar-refractivity contribution in [2.45, 2.75) is 95.0 Å². The predicted molar refractivity (Wildman–Crippen MR) is 162 cm³/mol. The average Bonchev–Trinajstić information content (AvgIpc) is 3.01. The molecule has 13 heteroatoms. The van der Waals surface area contributed by atoms with Gasteiger partial charge in [-0.2, -0.15) is 0 Å². The third-order valence-corrected chi connectivity index (χ3v) is 11.4. The molecule has 9 unspecified atom stereocenters. The predicted octanol–water partition coefficient (Wildman–Crippen LogP) is 2.54. The molecule has 1 heterocycles. The maximum Gasteiger partial charge on any atom is 0.338 e. The maximum absolute atomic E-state index is 13.8. The zero-order valence-electron chi connectivity index (χ0n) is 28.1. The number of ether oxygens (including phenoxy) is 4. The fourth-order valence-electron chi connectivity index (χ4n) is 8.63. The van der Waals surface area contributed by atoms with Crippen LogP contribution < -0.4 is 4.74 Å². The number of benzene rings is 2. The molecular formula is C35H44Ac3O10. The van der Waals surface area contributed by atoms with Gasteiger partial charge in [0.15, 0.2) is 0 Å². The van der Waals surface area contributed by atoms with E-state index < -0.39 is 70.5 Å². The molecule has 10 atom stereocenters. The number of esters is 1. The Kier molecular flexibility index (Phi) is 15.1. The van der Waals surface area contributed by atoms with E-state index in [4.69, 9.17) is 18.9 Å². The van der Waals surface area contributed by atoms with E-state index in [9.17, 15) is 30.3 Å². The van der Waals surface area contributed by atoms with Crippen LogP contribution in [-0.4, -0.2) is 93.0 Å². The van der Waals surface area contributed by atoms with Gasteiger partial charge in [-0.15, -0.1) is 0 Å². The molecule has 2 aromatic carbocycles. The van der Waals surface area contributed by atoms with Gasteiger partial charge in [0.25, 0.3) is 0 Å². The van der Waals surface area contributed by atoms with Crippen LogP contribution in [0, 0.1) is 149 Å². The smallest absolute Gasteiger partial charge is 0.338 e. The van der Waals surface area contributed by atoms with E-state index >= 15 is 0 Å². The second kappa shape index (κ2) is 16.5. The number of aliphatic hydroxyl groups is 5. The summed E-state index contributed by atoms with van der Waals surface area (Å²) >= 11 is 0. The van der Waals surface area contributed by atoms with E-state index in [-0.39, 0.29) is 169 Å². The monoisotopic (exact) mass is 1310 g/mol. The van der Waals surface area contributed by atoms with Gasteiger partial charge >= 0.3 is 5.97 Å². The van der Waals surface area contributed by atoms with Crippen LogP contribution >= 0.6 is 0 Å². The second-order valence-electron chi connectivity index (χ2n) is 14.0. The average molecular weight is 1310 g/mol. The normalized spacial score (nSPS) is 37.8. The SMILES string of the molecule is COc1ccc(COC2CC3OCC3(O)C3C(OC(=O)c4ccccc4)C4(O)CC(O)C(C)=C(C(O)C(O)[C@]23C)C4(C)C)cc1.[Ac].[Ac].[Ac]. The molecule has 2 aromatic rings. The fourth-order valence-corrected chi connectivity index (χ4v) is 8.63. The van der Waals surface area contributed by atoms with Crippen molar-refractivity contribution in [2.24, 2.45) is 16.7 Å². The number of hydrogen-bond donors (Lipinski definition) is 5. The Hall–Kier alpha value is 1.49. The molecule has 3 fully saturated rings. The molecule has 4 aliphatic rings. The first kappa shape index (κ1) is 43.9. The number of fused-ring (bicyclic) bond motifs is 5. The van der Waals surface area contributed by atoms with Gasteiger partial charge in [0, 0.05) is 162 Å². The zero-order valence-corrected chi connectivity index (χ0v) is 42.3. The third kappa shape index (κ3) is 7.07. The molecular weight excluding hydrogens is 1260 g/mol. The van der Waals surface area contributed by atoms with E-state index in [0.29, 0.717) is 11.3 Å². The van der Waals surface area contributed by atoms with Crippen molar-refractivity contribution in [3.8, 4) is 5.75 Å². The molecule has 0 spiro atoms. The van der Waals surface area contributed by atoms with Crippen LogP contribution in [0.3, 0.4) is 0 Å². The standard InChI is InChI=1S/C35H44O10.3Ac/c1-19-23(36)16-35(41)30(45-31(39)21-9-7-6-8-10-21)28-33(4,29(38)27(37)26(19)32(35,2)3)24(15-25-34(28,40)18-44-25)43-17-20-11-13-22(42-5)14-12-20;;;/h6-14,23-25,27-30,36-38,40-41H,15-18H2,1-5H3;;;/t23?,24?,25?,27?,28?,29?,30?,33-,34?,35?;;;/m1.../s1. The molecule has 1 saturated heterocycles. The summed E-state index contributed by atoms with van der Waals surface area (Å²) in [7, 11) is 1.58. The molecule has 3 radical (unpaired) electrons. The van der Waals surface area contributed by atoms with Gasteiger partial charge in [-0.05, 0) is 47.9 Å². The van der Waals surface area contributed by atoms with Gasteiger partial charge in [-0.3, -0.25) is 0 Å². The van der Waals surface area contributed by atoms with Gasteiger partial charge in [-0.25, -0.2) is 4.79 Å². The van der Waals surface area contributed by atoms with Crippen molar-refractivity contribution < 1.29 is 181 Å². The van der Waals surface area contributed by atoms with Crippen molar-refractivity contribution in [2.75, 3.05) is 13.7 Å². The van der Waals surface area contributed by atoms with Crippen LogP contribution in [-0.2, 0) is 20.8 Å². The Morgan fingerprint density at radius 2 is 1.58 bits per heavy atom. The number of rotatable bonds is 6. The van der Waals surface area contributed by atoms with E-state index in [1.807, 2.05) is 24.3 Å². The second-order valence-corrected chi connectivity index (χ2v) is 14.0. The van der Waals surface area contributed by atoms with Crippen LogP contribution in [0.4, 0.5) is 0 Å².